The lowest BCUT2D eigenvalue weighted by Gasteiger charge is -2.17. The number of ether oxygens (including phenoxy) is 1. The Hall–Kier alpha value is -3.29. The third-order valence-corrected chi connectivity index (χ3v) is 5.45. The maximum atomic E-state index is 13.3. The molecule has 7 heteroatoms. The summed E-state index contributed by atoms with van der Waals surface area (Å²) < 4.78 is 7.28. The maximum Gasteiger partial charge on any atom is 0.266 e. The lowest BCUT2D eigenvalue weighted by Crippen LogP contribution is -2.22. The van der Waals surface area contributed by atoms with Gasteiger partial charge in [0.05, 0.1) is 41.3 Å². The Balaban J connectivity index is 2.11. The van der Waals surface area contributed by atoms with Crippen LogP contribution in [0, 0.1) is 28.6 Å². The molecule has 0 fully saturated rings. The van der Waals surface area contributed by atoms with E-state index in [0.29, 0.717) is 52.7 Å². The van der Waals surface area contributed by atoms with Gasteiger partial charge in [0.1, 0.15) is 5.75 Å². The summed E-state index contributed by atoms with van der Waals surface area (Å²) in [6, 6.07) is 18.9. The van der Waals surface area contributed by atoms with Crippen molar-refractivity contribution in [3.05, 3.63) is 58.9 Å². The topological polar surface area (TPSA) is 91.7 Å². The lowest BCUT2D eigenvalue weighted by molar-refractivity contribution is 0.338. The monoisotopic (exact) mass is 404 g/mol. The van der Waals surface area contributed by atoms with Crippen molar-refractivity contribution >= 4 is 22.7 Å². The normalized spacial score (nSPS) is 11.6. The molecule has 29 heavy (non-hydrogen) atoms. The number of thioether (sulfide) groups is 1. The van der Waals surface area contributed by atoms with Gasteiger partial charge in [-0.3, -0.25) is 9.36 Å². The lowest BCUT2D eigenvalue weighted by atomic mass is 10.1. The van der Waals surface area contributed by atoms with Gasteiger partial charge in [-0.2, -0.15) is 10.5 Å². The number of hydrogen-bond donors (Lipinski definition) is 0. The number of rotatable bonds is 8. The second-order valence-electron chi connectivity index (χ2n) is 6.29. The van der Waals surface area contributed by atoms with Crippen LogP contribution in [0.15, 0.2) is 58.5 Å². The first-order valence-corrected chi connectivity index (χ1v) is 10.3. The van der Waals surface area contributed by atoms with Crippen molar-refractivity contribution in [3.8, 4) is 23.6 Å². The van der Waals surface area contributed by atoms with E-state index in [4.69, 9.17) is 15.0 Å². The molecule has 2 aromatic carbocycles. The standard InChI is InChI=1S/C22H20N4O2S/c1-2-28-20-12-6-5-11-19(20)26-21(27)17-9-3-4-10-18(17)25-22(26)29-15-16(14-24)8-7-13-23/h3-6,9-12,16H,2,7-8,15H2,1H3/t16-/m0/s1. The number of nitrogens with zero attached hydrogens (tertiary/aromatic N) is 4. The molecule has 0 aliphatic carbocycles. The second-order valence-corrected chi connectivity index (χ2v) is 7.27. The fraction of sp³-hybridized carbons (Fsp3) is 0.273. The van der Waals surface area contributed by atoms with Crippen LogP contribution >= 0.6 is 11.8 Å². The minimum atomic E-state index is -0.293. The zero-order valence-corrected chi connectivity index (χ0v) is 16.9. The molecule has 3 aromatic rings. The van der Waals surface area contributed by atoms with Crippen molar-refractivity contribution in [2.45, 2.75) is 24.9 Å². The molecule has 6 nitrogen and oxygen atoms in total. The molecule has 0 saturated carbocycles. The first-order valence-electron chi connectivity index (χ1n) is 9.33. The van der Waals surface area contributed by atoms with E-state index in [9.17, 15) is 10.1 Å². The molecule has 0 unspecified atom stereocenters. The predicted molar refractivity (Wildman–Crippen MR) is 113 cm³/mol. The van der Waals surface area contributed by atoms with Crippen molar-refractivity contribution in [1.29, 1.82) is 10.5 Å². The van der Waals surface area contributed by atoms with E-state index in [-0.39, 0.29) is 11.5 Å². The zero-order chi connectivity index (χ0) is 20.6. The van der Waals surface area contributed by atoms with Crippen LogP contribution in [-0.4, -0.2) is 21.9 Å². The van der Waals surface area contributed by atoms with Gasteiger partial charge in [-0.25, -0.2) is 4.98 Å². The van der Waals surface area contributed by atoms with Gasteiger partial charge in [-0.05, 0) is 37.6 Å². The molecule has 0 spiro atoms. The van der Waals surface area contributed by atoms with E-state index in [0.717, 1.165) is 0 Å². The molecule has 0 N–H and O–H groups in total. The highest BCUT2D eigenvalue weighted by Crippen LogP contribution is 2.28. The van der Waals surface area contributed by atoms with Gasteiger partial charge < -0.3 is 4.74 Å². The summed E-state index contributed by atoms with van der Waals surface area (Å²) in [6.07, 6.45) is 0.817. The number of hydrogen-bond acceptors (Lipinski definition) is 6. The van der Waals surface area contributed by atoms with Crippen LogP contribution in [0.2, 0.25) is 0 Å². The van der Waals surface area contributed by atoms with E-state index in [1.807, 2.05) is 43.3 Å². The van der Waals surface area contributed by atoms with E-state index in [2.05, 4.69) is 12.1 Å². The second kappa shape index (κ2) is 9.77. The van der Waals surface area contributed by atoms with Gasteiger partial charge in [0, 0.05) is 12.2 Å². The Bertz CT molecular complexity index is 1140. The molecule has 1 aromatic heterocycles. The third kappa shape index (κ3) is 4.59. The highest BCUT2D eigenvalue weighted by atomic mass is 32.2. The average molecular weight is 404 g/mol. The summed E-state index contributed by atoms with van der Waals surface area (Å²) in [7, 11) is 0. The molecule has 0 aliphatic rings. The smallest absolute Gasteiger partial charge is 0.266 e. The van der Waals surface area contributed by atoms with Gasteiger partial charge in [0.2, 0.25) is 0 Å². The van der Waals surface area contributed by atoms with E-state index in [1.54, 1.807) is 16.7 Å². The van der Waals surface area contributed by atoms with E-state index in [1.165, 1.54) is 11.8 Å². The number of benzene rings is 2. The largest absolute Gasteiger partial charge is 0.492 e. The van der Waals surface area contributed by atoms with Crippen LogP contribution in [-0.2, 0) is 0 Å². The van der Waals surface area contributed by atoms with Crippen LogP contribution in [0.3, 0.4) is 0 Å². The molecule has 0 saturated heterocycles. The number of aromatic nitrogens is 2. The van der Waals surface area contributed by atoms with Gasteiger partial charge in [-0.1, -0.05) is 36.0 Å². The van der Waals surface area contributed by atoms with Gasteiger partial charge in [-0.15, -0.1) is 0 Å². The Morgan fingerprint density at radius 3 is 2.69 bits per heavy atom. The van der Waals surface area contributed by atoms with Crippen LogP contribution in [0.1, 0.15) is 19.8 Å². The molecule has 0 radical (unpaired) electrons. The SMILES string of the molecule is CCOc1ccccc1-n1c(SC[C@H](C#N)CCC#N)nc2ccccc2c1=O. The summed E-state index contributed by atoms with van der Waals surface area (Å²) >= 11 is 1.35. The zero-order valence-electron chi connectivity index (χ0n) is 16.0. The van der Waals surface area contributed by atoms with Crippen LogP contribution < -0.4 is 10.3 Å². The number of fused-ring (bicyclic) bond motifs is 1. The molecule has 1 atom stereocenters. The Kier molecular flexibility index (Phi) is 6.89. The molecule has 3 rings (SSSR count). The Labute approximate surface area is 173 Å². The molecule has 0 bridgehead atoms. The highest BCUT2D eigenvalue weighted by molar-refractivity contribution is 7.99. The first-order chi connectivity index (χ1) is 14.2. The maximum absolute atomic E-state index is 13.3. The van der Waals surface area contributed by atoms with E-state index < -0.39 is 0 Å². The fourth-order valence-electron chi connectivity index (χ4n) is 2.94. The quantitative estimate of drug-likeness (QED) is 0.410. The highest BCUT2D eigenvalue weighted by Gasteiger charge is 2.18. The first kappa shape index (κ1) is 20.4. The third-order valence-electron chi connectivity index (χ3n) is 4.35. The van der Waals surface area contributed by atoms with Crippen LogP contribution in [0.4, 0.5) is 0 Å². The Morgan fingerprint density at radius 1 is 1.17 bits per heavy atom. The molecular weight excluding hydrogens is 384 g/mol. The van der Waals surface area contributed by atoms with Crippen molar-refractivity contribution in [2.75, 3.05) is 12.4 Å². The van der Waals surface area contributed by atoms with Gasteiger partial charge in [0.15, 0.2) is 5.16 Å². The van der Waals surface area contributed by atoms with Crippen LogP contribution in [0.25, 0.3) is 16.6 Å². The minimum absolute atomic E-state index is 0.184. The van der Waals surface area contributed by atoms with Crippen LogP contribution in [0.5, 0.6) is 5.75 Å². The number of nitriles is 2. The van der Waals surface area contributed by atoms with Gasteiger partial charge >= 0.3 is 0 Å². The summed E-state index contributed by atoms with van der Waals surface area (Å²) in [5, 5.41) is 19.2. The fourth-order valence-corrected chi connectivity index (χ4v) is 4.00. The van der Waals surface area contributed by atoms with Crippen molar-refractivity contribution in [1.82, 2.24) is 9.55 Å². The Morgan fingerprint density at radius 2 is 1.93 bits per heavy atom. The molecular formula is C22H20N4O2S. The summed E-state index contributed by atoms with van der Waals surface area (Å²) in [5.41, 5.74) is 1.04. The molecule has 0 aliphatic heterocycles. The molecule has 146 valence electrons. The predicted octanol–water partition coefficient (Wildman–Crippen LogP) is 4.32. The average Bonchev–Trinajstić information content (AvgIpc) is 2.75. The molecule has 1 heterocycles. The molecule has 0 amide bonds. The van der Waals surface area contributed by atoms with Crippen molar-refractivity contribution < 1.29 is 4.74 Å². The summed E-state index contributed by atoms with van der Waals surface area (Å²) in [6.45, 7) is 2.36. The van der Waals surface area contributed by atoms with Crippen molar-refractivity contribution in [3.63, 3.8) is 0 Å². The van der Waals surface area contributed by atoms with E-state index >= 15 is 0 Å². The van der Waals surface area contributed by atoms with Gasteiger partial charge in [0.25, 0.3) is 5.56 Å². The number of para-hydroxylation sites is 3. The summed E-state index contributed by atoms with van der Waals surface area (Å²) in [5.74, 6) is 0.746. The van der Waals surface area contributed by atoms with Crippen molar-refractivity contribution in [2.24, 2.45) is 5.92 Å². The minimum Gasteiger partial charge on any atom is -0.492 e. The summed E-state index contributed by atoms with van der Waals surface area (Å²) in [4.78, 5) is 18.0.